The molecule has 0 N–H and O–H groups in total. The van der Waals surface area contributed by atoms with Gasteiger partial charge < -0.3 is 13.7 Å². The van der Waals surface area contributed by atoms with Crippen molar-refractivity contribution in [3.8, 4) is 11.1 Å². The molecule has 0 fully saturated rings. The highest BCUT2D eigenvalue weighted by Gasteiger charge is 2.21. The van der Waals surface area contributed by atoms with Gasteiger partial charge in [0.25, 0.3) is 0 Å². The van der Waals surface area contributed by atoms with Crippen molar-refractivity contribution in [1.29, 1.82) is 0 Å². The smallest absolute Gasteiger partial charge is 0.159 e. The molecule has 7 aromatic carbocycles. The number of para-hydroxylation sites is 3. The number of hydrogen-bond donors (Lipinski definition) is 0. The molecule has 0 radical (unpaired) electrons. The van der Waals surface area contributed by atoms with Crippen molar-refractivity contribution in [3.05, 3.63) is 152 Å². The normalized spacial score (nSPS) is 11.7. The van der Waals surface area contributed by atoms with Gasteiger partial charge in [0, 0.05) is 32.6 Å². The Morgan fingerprint density at radius 1 is 0.372 bits per heavy atom. The summed E-state index contributed by atoms with van der Waals surface area (Å²) in [6.07, 6.45) is 0. The molecule has 43 heavy (non-hydrogen) atoms. The molecule has 202 valence electrons. The van der Waals surface area contributed by atoms with Crippen molar-refractivity contribution in [2.45, 2.75) is 0 Å². The molecule has 0 amide bonds. The molecule has 0 aliphatic rings. The maximum absolute atomic E-state index is 6.53. The molecule has 3 nitrogen and oxygen atoms in total. The molecule has 2 aromatic heterocycles. The summed E-state index contributed by atoms with van der Waals surface area (Å²) < 4.78 is 12.6. The van der Waals surface area contributed by atoms with E-state index in [9.17, 15) is 0 Å². The minimum absolute atomic E-state index is 0.873. The van der Waals surface area contributed by atoms with Gasteiger partial charge in [-0.15, -0.1) is 0 Å². The van der Waals surface area contributed by atoms with Gasteiger partial charge in [-0.1, -0.05) is 103 Å². The van der Waals surface area contributed by atoms with E-state index in [1.807, 2.05) is 24.3 Å². The summed E-state index contributed by atoms with van der Waals surface area (Å²) in [6, 6.07) is 53.2. The van der Waals surface area contributed by atoms with Gasteiger partial charge in [0.2, 0.25) is 0 Å². The van der Waals surface area contributed by atoms with Crippen LogP contribution in [0.3, 0.4) is 0 Å². The van der Waals surface area contributed by atoms with Gasteiger partial charge >= 0.3 is 0 Å². The predicted molar refractivity (Wildman–Crippen MR) is 179 cm³/mol. The van der Waals surface area contributed by atoms with E-state index in [4.69, 9.17) is 8.83 Å². The second-order valence-electron chi connectivity index (χ2n) is 10.9. The molecule has 2 heterocycles. The van der Waals surface area contributed by atoms with Crippen LogP contribution in [-0.4, -0.2) is 0 Å². The molecule has 9 aromatic rings. The first-order chi connectivity index (χ1) is 21.3. The number of rotatable bonds is 4. The van der Waals surface area contributed by atoms with Gasteiger partial charge in [0.15, 0.2) is 5.58 Å². The maximum atomic E-state index is 6.53. The van der Waals surface area contributed by atoms with Crippen LogP contribution in [0, 0.1) is 0 Å². The average Bonchev–Trinajstić information content (AvgIpc) is 3.64. The largest absolute Gasteiger partial charge is 0.456 e. The lowest BCUT2D eigenvalue weighted by atomic mass is 10.0. The summed E-state index contributed by atoms with van der Waals surface area (Å²) in [5.74, 6) is 0. The Morgan fingerprint density at radius 3 is 1.79 bits per heavy atom. The fourth-order valence-corrected chi connectivity index (χ4v) is 6.43. The van der Waals surface area contributed by atoms with Crippen molar-refractivity contribution in [1.82, 2.24) is 0 Å². The number of fused-ring (bicyclic) bond motifs is 7. The van der Waals surface area contributed by atoms with Crippen molar-refractivity contribution < 1.29 is 8.83 Å². The fourth-order valence-electron chi connectivity index (χ4n) is 6.43. The standard InChI is InChI=1S/C40H25NO2/c1-2-11-30-27(9-1)10-7-15-35(30)41(36-16-8-14-33-31-12-3-6-18-38(31)43-40(33)36)29-22-19-26(20-23-29)28-21-24-39-34(25-28)32-13-4-5-17-37(32)42-39/h1-25H. The van der Waals surface area contributed by atoms with Crippen LogP contribution in [0.25, 0.3) is 65.8 Å². The van der Waals surface area contributed by atoms with E-state index in [-0.39, 0.29) is 0 Å². The van der Waals surface area contributed by atoms with Crippen LogP contribution in [-0.2, 0) is 0 Å². The van der Waals surface area contributed by atoms with Crippen LogP contribution in [0.15, 0.2) is 160 Å². The van der Waals surface area contributed by atoms with Crippen molar-refractivity contribution in [2.24, 2.45) is 0 Å². The zero-order valence-electron chi connectivity index (χ0n) is 23.2. The molecule has 0 saturated carbocycles. The molecular weight excluding hydrogens is 526 g/mol. The first-order valence-electron chi connectivity index (χ1n) is 14.5. The number of furan rings is 2. The molecule has 0 aliphatic heterocycles. The topological polar surface area (TPSA) is 29.5 Å². The monoisotopic (exact) mass is 551 g/mol. The molecule has 0 saturated heterocycles. The molecule has 0 bridgehead atoms. The van der Waals surface area contributed by atoms with Crippen molar-refractivity contribution in [3.63, 3.8) is 0 Å². The second-order valence-corrected chi connectivity index (χ2v) is 10.9. The first kappa shape index (κ1) is 23.9. The first-order valence-corrected chi connectivity index (χ1v) is 14.5. The van der Waals surface area contributed by atoms with Gasteiger partial charge in [0.05, 0.1) is 11.4 Å². The van der Waals surface area contributed by atoms with Gasteiger partial charge in [-0.3, -0.25) is 0 Å². The van der Waals surface area contributed by atoms with E-state index in [2.05, 4.69) is 132 Å². The summed E-state index contributed by atoms with van der Waals surface area (Å²) >= 11 is 0. The Bertz CT molecular complexity index is 2460. The lowest BCUT2D eigenvalue weighted by Gasteiger charge is -2.27. The molecule has 3 heteroatoms. The van der Waals surface area contributed by atoms with Crippen LogP contribution in [0.2, 0.25) is 0 Å². The molecule has 0 spiro atoms. The van der Waals surface area contributed by atoms with Gasteiger partial charge in [-0.05, 0) is 65.0 Å². The summed E-state index contributed by atoms with van der Waals surface area (Å²) in [6.45, 7) is 0. The third-order valence-corrected chi connectivity index (χ3v) is 8.47. The van der Waals surface area contributed by atoms with Gasteiger partial charge in [0.1, 0.15) is 16.7 Å². The lowest BCUT2D eigenvalue weighted by molar-refractivity contribution is 0.668. The predicted octanol–water partition coefficient (Wildman–Crippen LogP) is 11.8. The zero-order valence-corrected chi connectivity index (χ0v) is 23.2. The van der Waals surface area contributed by atoms with Crippen LogP contribution < -0.4 is 4.90 Å². The highest BCUT2D eigenvalue weighted by atomic mass is 16.3. The molecule has 9 rings (SSSR count). The summed E-state index contributed by atoms with van der Waals surface area (Å²) in [7, 11) is 0. The van der Waals surface area contributed by atoms with E-state index in [0.717, 1.165) is 72.1 Å². The summed E-state index contributed by atoms with van der Waals surface area (Å²) in [5.41, 5.74) is 9.05. The number of anilines is 3. The maximum Gasteiger partial charge on any atom is 0.159 e. The minimum Gasteiger partial charge on any atom is -0.456 e. The quantitative estimate of drug-likeness (QED) is 0.218. The molecule has 0 aliphatic carbocycles. The summed E-state index contributed by atoms with van der Waals surface area (Å²) in [4.78, 5) is 2.32. The Hall–Kier alpha value is -5.80. The van der Waals surface area contributed by atoms with E-state index < -0.39 is 0 Å². The van der Waals surface area contributed by atoms with Crippen LogP contribution >= 0.6 is 0 Å². The number of benzene rings is 7. The second kappa shape index (κ2) is 9.37. The molecule has 0 unspecified atom stereocenters. The number of hydrogen-bond acceptors (Lipinski definition) is 3. The third kappa shape index (κ3) is 3.75. The van der Waals surface area contributed by atoms with Crippen LogP contribution in [0.1, 0.15) is 0 Å². The van der Waals surface area contributed by atoms with E-state index >= 15 is 0 Å². The SMILES string of the molecule is c1ccc2c(N(c3ccc(-c4ccc5oc6ccccc6c5c4)cc3)c3cccc4c3oc3ccccc34)cccc2c1. The fraction of sp³-hybridized carbons (Fsp3) is 0. The Kier molecular flexibility index (Phi) is 5.20. The number of nitrogens with zero attached hydrogens (tertiary/aromatic N) is 1. The van der Waals surface area contributed by atoms with E-state index in [1.165, 1.54) is 10.8 Å². The highest BCUT2D eigenvalue weighted by molar-refractivity contribution is 6.12. The Labute approximate surface area is 247 Å². The van der Waals surface area contributed by atoms with E-state index in [0.29, 0.717) is 0 Å². The molecule has 0 atom stereocenters. The van der Waals surface area contributed by atoms with Gasteiger partial charge in [-0.2, -0.15) is 0 Å². The molecular formula is C40H25NO2. The van der Waals surface area contributed by atoms with Gasteiger partial charge in [-0.25, -0.2) is 0 Å². The Morgan fingerprint density at radius 2 is 0.953 bits per heavy atom. The minimum atomic E-state index is 0.873. The third-order valence-electron chi connectivity index (χ3n) is 8.47. The summed E-state index contributed by atoms with van der Waals surface area (Å²) in [5, 5.41) is 6.87. The highest BCUT2D eigenvalue weighted by Crippen LogP contribution is 2.44. The van der Waals surface area contributed by atoms with Crippen LogP contribution in [0.5, 0.6) is 0 Å². The zero-order chi connectivity index (χ0) is 28.3. The van der Waals surface area contributed by atoms with Crippen molar-refractivity contribution >= 4 is 71.7 Å². The Balaban J connectivity index is 1.23. The van der Waals surface area contributed by atoms with Crippen molar-refractivity contribution in [2.75, 3.05) is 4.90 Å². The lowest BCUT2D eigenvalue weighted by Crippen LogP contribution is -2.10. The van der Waals surface area contributed by atoms with Crippen LogP contribution in [0.4, 0.5) is 17.1 Å². The van der Waals surface area contributed by atoms with E-state index in [1.54, 1.807) is 0 Å². The average molecular weight is 552 g/mol.